The Morgan fingerprint density at radius 2 is 2.18 bits per heavy atom. The monoisotopic (exact) mass is 237 g/mol. The summed E-state index contributed by atoms with van der Waals surface area (Å²) in [5, 5.41) is 9.74. The standard InChI is InChI=1S/C14H20FNO/c1-3-9-16(11-7-8-11)13-6-4-5-12(15)14(13)10(2)17/h4-6,10-11,17H,3,7-9H2,1-2H3/t10-/m1/s1. The molecule has 0 heterocycles. The van der Waals surface area contributed by atoms with Crippen LogP contribution in [0.25, 0.3) is 0 Å². The molecule has 1 saturated carbocycles. The maximum atomic E-state index is 13.8. The van der Waals surface area contributed by atoms with Crippen molar-refractivity contribution in [3.63, 3.8) is 0 Å². The van der Waals surface area contributed by atoms with E-state index in [1.54, 1.807) is 13.0 Å². The number of aliphatic hydroxyl groups excluding tert-OH is 1. The minimum absolute atomic E-state index is 0.306. The van der Waals surface area contributed by atoms with Crippen molar-refractivity contribution in [3.8, 4) is 0 Å². The van der Waals surface area contributed by atoms with Crippen molar-refractivity contribution < 1.29 is 9.50 Å². The van der Waals surface area contributed by atoms with Gasteiger partial charge in [0.05, 0.1) is 6.10 Å². The first-order valence-corrected chi connectivity index (χ1v) is 6.38. The van der Waals surface area contributed by atoms with Crippen LogP contribution in [0.4, 0.5) is 10.1 Å². The minimum atomic E-state index is -0.760. The molecule has 1 N–H and O–H groups in total. The molecular weight excluding hydrogens is 217 g/mol. The number of hydrogen-bond acceptors (Lipinski definition) is 2. The highest BCUT2D eigenvalue weighted by Gasteiger charge is 2.31. The molecule has 1 fully saturated rings. The van der Waals surface area contributed by atoms with Gasteiger partial charge in [0.1, 0.15) is 5.82 Å². The van der Waals surface area contributed by atoms with Crippen molar-refractivity contribution in [2.45, 2.75) is 45.3 Å². The lowest BCUT2D eigenvalue weighted by atomic mass is 10.1. The van der Waals surface area contributed by atoms with Crippen LogP contribution in [0.15, 0.2) is 18.2 Å². The summed E-state index contributed by atoms with van der Waals surface area (Å²) in [6.07, 6.45) is 2.63. The number of nitrogens with zero attached hydrogens (tertiary/aromatic N) is 1. The molecule has 1 aliphatic carbocycles. The van der Waals surface area contributed by atoms with Crippen LogP contribution >= 0.6 is 0 Å². The van der Waals surface area contributed by atoms with E-state index in [1.807, 2.05) is 6.07 Å². The predicted molar refractivity (Wildman–Crippen MR) is 67.7 cm³/mol. The molecule has 0 bridgehead atoms. The molecule has 0 aliphatic heterocycles. The molecule has 0 radical (unpaired) electrons. The lowest BCUT2D eigenvalue weighted by Gasteiger charge is -2.27. The summed E-state index contributed by atoms with van der Waals surface area (Å²) in [6.45, 7) is 4.67. The second-order valence-electron chi connectivity index (χ2n) is 4.77. The normalized spacial score (nSPS) is 16.9. The third-order valence-electron chi connectivity index (χ3n) is 3.21. The third-order valence-corrected chi connectivity index (χ3v) is 3.21. The zero-order valence-electron chi connectivity index (χ0n) is 10.5. The maximum Gasteiger partial charge on any atom is 0.131 e. The quantitative estimate of drug-likeness (QED) is 0.849. The molecule has 3 heteroatoms. The lowest BCUT2D eigenvalue weighted by molar-refractivity contribution is 0.194. The number of anilines is 1. The van der Waals surface area contributed by atoms with E-state index in [0.29, 0.717) is 11.6 Å². The largest absolute Gasteiger partial charge is 0.389 e. The van der Waals surface area contributed by atoms with E-state index in [4.69, 9.17) is 0 Å². The molecule has 0 spiro atoms. The smallest absolute Gasteiger partial charge is 0.131 e. The second-order valence-corrected chi connectivity index (χ2v) is 4.77. The first-order valence-electron chi connectivity index (χ1n) is 6.38. The molecule has 1 atom stereocenters. The fourth-order valence-corrected chi connectivity index (χ4v) is 2.32. The summed E-state index contributed by atoms with van der Waals surface area (Å²) in [4.78, 5) is 2.24. The van der Waals surface area contributed by atoms with E-state index < -0.39 is 6.10 Å². The predicted octanol–water partition coefficient (Wildman–Crippen LogP) is 3.26. The van der Waals surface area contributed by atoms with E-state index in [9.17, 15) is 9.50 Å². The first kappa shape index (κ1) is 12.4. The minimum Gasteiger partial charge on any atom is -0.389 e. The number of benzene rings is 1. The van der Waals surface area contributed by atoms with Crippen LogP contribution in [0.2, 0.25) is 0 Å². The van der Waals surface area contributed by atoms with Crippen LogP contribution in [-0.4, -0.2) is 17.7 Å². The fraction of sp³-hybridized carbons (Fsp3) is 0.571. The molecule has 94 valence electrons. The molecule has 1 aromatic carbocycles. The highest BCUT2D eigenvalue weighted by atomic mass is 19.1. The van der Waals surface area contributed by atoms with Gasteiger partial charge < -0.3 is 10.0 Å². The topological polar surface area (TPSA) is 23.5 Å². The van der Waals surface area contributed by atoms with Gasteiger partial charge in [0.25, 0.3) is 0 Å². The van der Waals surface area contributed by atoms with E-state index in [2.05, 4.69) is 11.8 Å². The van der Waals surface area contributed by atoms with Crippen LogP contribution in [0, 0.1) is 5.82 Å². The molecule has 0 unspecified atom stereocenters. The lowest BCUT2D eigenvalue weighted by Crippen LogP contribution is -2.28. The first-order chi connectivity index (χ1) is 8.15. The fourth-order valence-electron chi connectivity index (χ4n) is 2.32. The summed E-state index contributed by atoms with van der Waals surface area (Å²) >= 11 is 0. The number of hydrogen-bond donors (Lipinski definition) is 1. The Morgan fingerprint density at radius 3 is 2.71 bits per heavy atom. The molecule has 0 aromatic heterocycles. The Labute approximate surface area is 102 Å². The number of halogens is 1. The van der Waals surface area contributed by atoms with Crippen LogP contribution in [0.1, 0.15) is 44.8 Å². The summed E-state index contributed by atoms with van der Waals surface area (Å²) in [5.74, 6) is -0.306. The van der Waals surface area contributed by atoms with Crippen molar-refractivity contribution in [2.24, 2.45) is 0 Å². The van der Waals surface area contributed by atoms with Gasteiger partial charge in [-0.2, -0.15) is 0 Å². The van der Waals surface area contributed by atoms with Crippen LogP contribution in [-0.2, 0) is 0 Å². The van der Waals surface area contributed by atoms with Gasteiger partial charge in [-0.1, -0.05) is 13.0 Å². The number of rotatable bonds is 5. The van der Waals surface area contributed by atoms with Gasteiger partial charge in [0.15, 0.2) is 0 Å². The molecule has 0 amide bonds. The van der Waals surface area contributed by atoms with Gasteiger partial charge in [-0.3, -0.25) is 0 Å². The zero-order chi connectivity index (χ0) is 12.4. The molecular formula is C14H20FNO. The molecule has 17 heavy (non-hydrogen) atoms. The van der Waals surface area contributed by atoms with E-state index in [0.717, 1.165) is 18.7 Å². The van der Waals surface area contributed by atoms with Gasteiger partial charge in [0, 0.05) is 23.8 Å². The van der Waals surface area contributed by atoms with E-state index in [1.165, 1.54) is 18.9 Å². The molecule has 1 aliphatic rings. The maximum absolute atomic E-state index is 13.8. The van der Waals surface area contributed by atoms with Crippen molar-refractivity contribution in [3.05, 3.63) is 29.6 Å². The highest BCUT2D eigenvalue weighted by Crippen LogP contribution is 2.36. The Balaban J connectivity index is 2.37. The van der Waals surface area contributed by atoms with Crippen LogP contribution in [0.3, 0.4) is 0 Å². The molecule has 2 nitrogen and oxygen atoms in total. The Hall–Kier alpha value is -1.09. The highest BCUT2D eigenvalue weighted by molar-refractivity contribution is 5.56. The summed E-state index contributed by atoms with van der Waals surface area (Å²) in [7, 11) is 0. The molecule has 0 saturated heterocycles. The van der Waals surface area contributed by atoms with Crippen molar-refractivity contribution in [1.82, 2.24) is 0 Å². The van der Waals surface area contributed by atoms with Gasteiger partial charge in [-0.15, -0.1) is 0 Å². The second kappa shape index (κ2) is 5.05. The van der Waals surface area contributed by atoms with Crippen molar-refractivity contribution >= 4 is 5.69 Å². The Bertz CT molecular complexity index is 388. The summed E-state index contributed by atoms with van der Waals surface area (Å²) in [6, 6.07) is 5.60. The summed E-state index contributed by atoms with van der Waals surface area (Å²) < 4.78 is 13.8. The zero-order valence-corrected chi connectivity index (χ0v) is 10.5. The number of aliphatic hydroxyl groups is 1. The van der Waals surface area contributed by atoms with Crippen LogP contribution in [0.5, 0.6) is 0 Å². The van der Waals surface area contributed by atoms with Crippen molar-refractivity contribution in [2.75, 3.05) is 11.4 Å². The van der Waals surface area contributed by atoms with Crippen LogP contribution < -0.4 is 4.90 Å². The van der Waals surface area contributed by atoms with E-state index in [-0.39, 0.29) is 5.82 Å². The molecule has 1 aromatic rings. The van der Waals surface area contributed by atoms with Gasteiger partial charge >= 0.3 is 0 Å². The Morgan fingerprint density at radius 1 is 1.47 bits per heavy atom. The van der Waals surface area contributed by atoms with E-state index >= 15 is 0 Å². The SMILES string of the molecule is CCCN(c1cccc(F)c1[C@@H](C)O)C1CC1. The average Bonchev–Trinajstić information content (AvgIpc) is 3.08. The van der Waals surface area contributed by atoms with Gasteiger partial charge in [-0.25, -0.2) is 4.39 Å². The van der Waals surface area contributed by atoms with Gasteiger partial charge in [-0.05, 0) is 38.3 Å². The molecule has 2 rings (SSSR count). The third kappa shape index (κ3) is 2.60. The van der Waals surface area contributed by atoms with Crippen molar-refractivity contribution in [1.29, 1.82) is 0 Å². The summed E-state index contributed by atoms with van der Waals surface area (Å²) in [5.41, 5.74) is 1.30. The average molecular weight is 237 g/mol. The van der Waals surface area contributed by atoms with Gasteiger partial charge in [0.2, 0.25) is 0 Å². The Kier molecular flexibility index (Phi) is 3.67.